The molecule has 0 fully saturated rings. The van der Waals surface area contributed by atoms with E-state index in [1.54, 1.807) is 18.2 Å². The van der Waals surface area contributed by atoms with Gasteiger partial charge in [0.15, 0.2) is 0 Å². The van der Waals surface area contributed by atoms with Crippen molar-refractivity contribution in [1.82, 2.24) is 4.90 Å². The van der Waals surface area contributed by atoms with E-state index < -0.39 is 11.8 Å². The largest absolute Gasteiger partial charge is 0.395 e. The summed E-state index contributed by atoms with van der Waals surface area (Å²) in [6, 6.07) is 5.25. The van der Waals surface area contributed by atoms with Crippen LogP contribution in [-0.4, -0.2) is 35.0 Å². The number of anilines is 1. The summed E-state index contributed by atoms with van der Waals surface area (Å²) >= 11 is 8.08. The number of nitrogens with zero attached hydrogens (tertiary/aromatic N) is 1. The summed E-state index contributed by atoms with van der Waals surface area (Å²) < 4.78 is 0.898. The van der Waals surface area contributed by atoms with Gasteiger partial charge in [0.25, 0.3) is 11.8 Å². The molecule has 19 heavy (non-hydrogen) atoms. The summed E-state index contributed by atoms with van der Waals surface area (Å²) in [6.07, 6.45) is 1.21. The molecule has 0 aliphatic carbocycles. The maximum absolute atomic E-state index is 11.9. The predicted molar refractivity (Wildman–Crippen MR) is 79.7 cm³/mol. The minimum atomic E-state index is -0.450. The second kappa shape index (κ2) is 5.89. The normalized spacial score (nSPS) is 14.9. The molecule has 0 aromatic heterocycles. The maximum Gasteiger partial charge on any atom is 0.277 e. The summed E-state index contributed by atoms with van der Waals surface area (Å²) in [5.41, 5.74) is 0.805. The number of hydrogen-bond donors (Lipinski definition) is 2. The zero-order valence-electron chi connectivity index (χ0n) is 9.69. The Labute approximate surface area is 128 Å². The third kappa shape index (κ3) is 3.07. The van der Waals surface area contributed by atoms with Gasteiger partial charge in [0.05, 0.1) is 18.2 Å². The number of rotatable bonds is 4. The van der Waals surface area contributed by atoms with Crippen LogP contribution in [0.2, 0.25) is 5.02 Å². The molecule has 2 amide bonds. The Hall–Kier alpha value is -1.12. The van der Waals surface area contributed by atoms with Gasteiger partial charge in [0.2, 0.25) is 0 Å². The van der Waals surface area contributed by atoms with Gasteiger partial charge in [-0.05, 0) is 40.8 Å². The van der Waals surface area contributed by atoms with Crippen LogP contribution in [0.5, 0.6) is 0 Å². The Balaban J connectivity index is 2.16. The molecule has 0 saturated carbocycles. The Morgan fingerprint density at radius 3 is 2.74 bits per heavy atom. The van der Waals surface area contributed by atoms with Crippen molar-refractivity contribution in [2.24, 2.45) is 0 Å². The average Bonchev–Trinajstić information content (AvgIpc) is 2.62. The first-order valence-corrected chi connectivity index (χ1v) is 6.89. The third-order valence-electron chi connectivity index (χ3n) is 2.53. The van der Waals surface area contributed by atoms with E-state index in [-0.39, 0.29) is 18.8 Å². The van der Waals surface area contributed by atoms with E-state index in [1.165, 1.54) is 6.08 Å². The SMILES string of the molecule is O=C1C=C(Nc2ccc(I)c(Cl)c2)C(=O)N1CCO. The van der Waals surface area contributed by atoms with Crippen LogP contribution >= 0.6 is 34.2 Å². The van der Waals surface area contributed by atoms with E-state index in [0.717, 1.165) is 8.47 Å². The van der Waals surface area contributed by atoms with Gasteiger partial charge in [0.1, 0.15) is 5.70 Å². The van der Waals surface area contributed by atoms with Crippen molar-refractivity contribution >= 4 is 51.7 Å². The molecule has 1 aliphatic rings. The highest BCUT2D eigenvalue weighted by Crippen LogP contribution is 2.24. The van der Waals surface area contributed by atoms with Crippen molar-refractivity contribution in [1.29, 1.82) is 0 Å². The second-order valence-corrected chi connectivity index (χ2v) is 5.40. The summed E-state index contributed by atoms with van der Waals surface area (Å²) in [7, 11) is 0. The van der Waals surface area contributed by atoms with Crippen molar-refractivity contribution in [3.63, 3.8) is 0 Å². The van der Waals surface area contributed by atoms with E-state index in [2.05, 4.69) is 27.9 Å². The minimum Gasteiger partial charge on any atom is -0.395 e. The van der Waals surface area contributed by atoms with Crippen molar-refractivity contribution in [3.05, 3.63) is 38.6 Å². The number of imide groups is 1. The van der Waals surface area contributed by atoms with Gasteiger partial charge in [-0.3, -0.25) is 14.5 Å². The molecule has 1 heterocycles. The number of halogens is 2. The first kappa shape index (κ1) is 14.3. The van der Waals surface area contributed by atoms with Crippen molar-refractivity contribution in [3.8, 4) is 0 Å². The van der Waals surface area contributed by atoms with Crippen molar-refractivity contribution in [2.75, 3.05) is 18.5 Å². The van der Waals surface area contributed by atoms with Gasteiger partial charge < -0.3 is 10.4 Å². The van der Waals surface area contributed by atoms with Crippen LogP contribution in [0.25, 0.3) is 0 Å². The zero-order valence-corrected chi connectivity index (χ0v) is 12.6. The van der Waals surface area contributed by atoms with Gasteiger partial charge >= 0.3 is 0 Å². The Morgan fingerprint density at radius 1 is 1.37 bits per heavy atom. The fourth-order valence-corrected chi connectivity index (χ4v) is 2.16. The molecular formula is C12H10ClIN2O3. The van der Waals surface area contributed by atoms with E-state index in [0.29, 0.717) is 10.7 Å². The quantitative estimate of drug-likeness (QED) is 0.603. The fraction of sp³-hybridized carbons (Fsp3) is 0.167. The summed E-state index contributed by atoms with van der Waals surface area (Å²) in [5, 5.41) is 12.2. The molecule has 0 spiro atoms. The lowest BCUT2D eigenvalue weighted by molar-refractivity contribution is -0.137. The van der Waals surface area contributed by atoms with Crippen LogP contribution in [0, 0.1) is 3.57 Å². The summed E-state index contributed by atoms with van der Waals surface area (Å²) in [6.45, 7) is -0.263. The molecule has 100 valence electrons. The van der Waals surface area contributed by atoms with E-state index in [1.807, 2.05) is 0 Å². The number of benzene rings is 1. The fourth-order valence-electron chi connectivity index (χ4n) is 1.64. The monoisotopic (exact) mass is 392 g/mol. The van der Waals surface area contributed by atoms with Crippen molar-refractivity contribution < 1.29 is 14.7 Å². The molecule has 0 unspecified atom stereocenters. The molecule has 0 radical (unpaired) electrons. The molecule has 1 aromatic rings. The van der Waals surface area contributed by atoms with Crippen LogP contribution in [0.1, 0.15) is 0 Å². The lowest BCUT2D eigenvalue weighted by atomic mass is 10.3. The lowest BCUT2D eigenvalue weighted by Crippen LogP contribution is -2.34. The molecule has 7 heteroatoms. The smallest absolute Gasteiger partial charge is 0.277 e. The molecule has 2 N–H and O–H groups in total. The molecular weight excluding hydrogens is 383 g/mol. The number of carbonyl (C=O) groups is 2. The summed E-state index contributed by atoms with van der Waals surface area (Å²) in [5.74, 6) is -0.883. The number of amides is 2. The Kier molecular flexibility index (Phi) is 4.43. The van der Waals surface area contributed by atoms with E-state index in [9.17, 15) is 9.59 Å². The number of β-amino-alcohol motifs (C(OH)–C–C–N with tert-alkyl or cyclic N) is 1. The third-order valence-corrected chi connectivity index (χ3v) is 4.10. The highest BCUT2D eigenvalue weighted by Gasteiger charge is 2.30. The van der Waals surface area contributed by atoms with Crippen LogP contribution in [0.3, 0.4) is 0 Å². The highest BCUT2D eigenvalue weighted by molar-refractivity contribution is 14.1. The number of hydrogen-bond acceptors (Lipinski definition) is 4. The number of carbonyl (C=O) groups excluding carboxylic acids is 2. The molecule has 1 aliphatic heterocycles. The highest BCUT2D eigenvalue weighted by atomic mass is 127. The van der Waals surface area contributed by atoms with Gasteiger partial charge in [-0.2, -0.15) is 0 Å². The zero-order chi connectivity index (χ0) is 14.0. The molecule has 0 saturated heterocycles. The molecule has 1 aromatic carbocycles. The van der Waals surface area contributed by atoms with E-state index >= 15 is 0 Å². The van der Waals surface area contributed by atoms with Crippen LogP contribution in [0.15, 0.2) is 30.0 Å². The molecule has 5 nitrogen and oxygen atoms in total. The Morgan fingerprint density at radius 2 is 2.11 bits per heavy atom. The van der Waals surface area contributed by atoms with Gasteiger partial charge in [-0.25, -0.2) is 0 Å². The van der Waals surface area contributed by atoms with Crippen LogP contribution in [0.4, 0.5) is 5.69 Å². The van der Waals surface area contributed by atoms with Gasteiger partial charge in [-0.1, -0.05) is 11.6 Å². The summed E-state index contributed by atoms with van der Waals surface area (Å²) in [4.78, 5) is 24.4. The van der Waals surface area contributed by atoms with Crippen LogP contribution < -0.4 is 5.32 Å². The molecule has 0 atom stereocenters. The van der Waals surface area contributed by atoms with Crippen molar-refractivity contribution in [2.45, 2.75) is 0 Å². The average molecular weight is 393 g/mol. The number of aliphatic hydroxyl groups is 1. The number of nitrogens with one attached hydrogen (secondary N) is 1. The minimum absolute atomic E-state index is 0.00715. The van der Waals surface area contributed by atoms with Crippen LogP contribution in [-0.2, 0) is 9.59 Å². The van der Waals surface area contributed by atoms with E-state index in [4.69, 9.17) is 16.7 Å². The second-order valence-electron chi connectivity index (χ2n) is 3.83. The standard InChI is InChI=1S/C12H10ClIN2O3/c13-8-5-7(1-2-9(8)14)15-10-6-11(18)16(3-4-17)12(10)19/h1-2,5-6,15,17H,3-4H2. The number of aliphatic hydroxyl groups excluding tert-OH is 1. The first-order chi connectivity index (χ1) is 9.02. The van der Waals surface area contributed by atoms with Gasteiger partial charge in [-0.15, -0.1) is 0 Å². The Bertz CT molecular complexity index is 574. The predicted octanol–water partition coefficient (Wildman–Crippen LogP) is 1.60. The molecule has 0 bridgehead atoms. The lowest BCUT2D eigenvalue weighted by Gasteiger charge is -2.13. The maximum atomic E-state index is 11.9. The van der Waals surface area contributed by atoms with Gasteiger partial charge in [0, 0.05) is 15.3 Å². The first-order valence-electron chi connectivity index (χ1n) is 5.43. The topological polar surface area (TPSA) is 69.6 Å². The molecule has 2 rings (SSSR count).